The molecule has 0 fully saturated rings. The molecule has 9 heavy (non-hydrogen) atoms. The predicted octanol–water partition coefficient (Wildman–Crippen LogP) is 1.10. The Morgan fingerprint density at radius 1 is 0.778 bits per heavy atom. The summed E-state index contributed by atoms with van der Waals surface area (Å²) in [5.74, 6) is 0.339. The Bertz CT molecular complexity index is 150. The minimum Gasteiger partial charge on any atom is -0.508 e. The van der Waals surface area contributed by atoms with E-state index in [9.17, 15) is 0 Å². The zero-order valence-electron chi connectivity index (χ0n) is 4.58. The van der Waals surface area contributed by atoms with Gasteiger partial charge in [-0.05, 0) is 24.3 Å². The fourth-order valence-corrected chi connectivity index (χ4v) is 0.453. The van der Waals surface area contributed by atoms with Crippen LogP contribution in [0.25, 0.3) is 0 Å². The van der Waals surface area contributed by atoms with Gasteiger partial charge in [-0.2, -0.15) is 0 Å². The molecule has 1 radical (unpaired) electrons. The van der Waals surface area contributed by atoms with Gasteiger partial charge in [0.25, 0.3) is 0 Å². The minimum atomic E-state index is 0. The summed E-state index contributed by atoms with van der Waals surface area (Å²) >= 11 is 0. The Kier molecular flexibility index (Phi) is 3.13. The van der Waals surface area contributed by atoms with Gasteiger partial charge < -0.3 is 10.2 Å². The van der Waals surface area contributed by atoms with Crippen molar-refractivity contribution in [2.45, 2.75) is 0 Å². The monoisotopic (exact) mass is 165 g/mol. The second kappa shape index (κ2) is 3.38. The van der Waals surface area contributed by atoms with Crippen LogP contribution in [0.3, 0.4) is 0 Å². The normalized spacial score (nSPS) is 8.00. The summed E-state index contributed by atoms with van der Waals surface area (Å²) in [7, 11) is 0. The molecule has 0 aliphatic carbocycles. The van der Waals surface area contributed by atoms with Crippen LogP contribution in [0.4, 0.5) is 0 Å². The van der Waals surface area contributed by atoms with E-state index in [1.165, 1.54) is 24.3 Å². The van der Waals surface area contributed by atoms with Gasteiger partial charge in [0, 0.05) is 17.1 Å². The van der Waals surface area contributed by atoms with Crippen LogP contribution in [0.5, 0.6) is 11.5 Å². The van der Waals surface area contributed by atoms with Crippen LogP contribution >= 0.6 is 0 Å². The van der Waals surface area contributed by atoms with Gasteiger partial charge in [-0.1, -0.05) is 0 Å². The molecule has 0 atom stereocenters. The van der Waals surface area contributed by atoms with Gasteiger partial charge in [-0.15, -0.1) is 0 Å². The molecule has 0 aromatic heterocycles. The molecule has 0 bridgehead atoms. The van der Waals surface area contributed by atoms with Gasteiger partial charge in [-0.3, -0.25) is 0 Å². The molecular weight excluding hydrogens is 159 g/mol. The fourth-order valence-electron chi connectivity index (χ4n) is 0.453. The van der Waals surface area contributed by atoms with Crippen molar-refractivity contribution in [3.63, 3.8) is 0 Å². The zero-order chi connectivity index (χ0) is 5.98. The molecule has 2 N–H and O–H groups in total. The Morgan fingerprint density at radius 3 is 1.22 bits per heavy atom. The maximum atomic E-state index is 8.65. The van der Waals surface area contributed by atoms with E-state index < -0.39 is 0 Å². The van der Waals surface area contributed by atoms with Crippen LogP contribution in [0, 0.1) is 0 Å². The maximum Gasteiger partial charge on any atom is 0.115 e. The molecule has 1 rings (SSSR count). The SMILES string of the molecule is Oc1ccc(O)cc1.[Mn]. The summed E-state index contributed by atoms with van der Waals surface area (Å²) in [4.78, 5) is 0. The number of phenols is 2. The van der Waals surface area contributed by atoms with E-state index in [-0.39, 0.29) is 28.6 Å². The summed E-state index contributed by atoms with van der Waals surface area (Å²) in [6, 6.07) is 5.70. The Balaban J connectivity index is 0.000000640. The third kappa shape index (κ3) is 2.40. The summed E-state index contributed by atoms with van der Waals surface area (Å²) in [6.45, 7) is 0. The average Bonchev–Trinajstić information content (AvgIpc) is 1.77. The Morgan fingerprint density at radius 2 is 1.00 bits per heavy atom. The number of phenolic OH excluding ortho intramolecular Hbond substituents is 2. The fraction of sp³-hybridized carbons (Fsp3) is 0. The molecule has 2 nitrogen and oxygen atoms in total. The number of benzene rings is 1. The third-order valence-electron chi connectivity index (χ3n) is 0.850. The first-order valence-electron chi connectivity index (χ1n) is 2.27. The van der Waals surface area contributed by atoms with Gasteiger partial charge in [0.1, 0.15) is 11.5 Å². The van der Waals surface area contributed by atoms with Gasteiger partial charge in [0.15, 0.2) is 0 Å². The molecule has 0 unspecified atom stereocenters. The maximum absolute atomic E-state index is 8.65. The smallest absolute Gasteiger partial charge is 0.115 e. The van der Waals surface area contributed by atoms with Crippen molar-refractivity contribution in [2.75, 3.05) is 0 Å². The molecule has 0 heterocycles. The first-order chi connectivity index (χ1) is 3.79. The van der Waals surface area contributed by atoms with E-state index in [4.69, 9.17) is 10.2 Å². The molecule has 0 saturated carbocycles. The van der Waals surface area contributed by atoms with Crippen LogP contribution in [0.15, 0.2) is 24.3 Å². The van der Waals surface area contributed by atoms with E-state index in [0.29, 0.717) is 0 Å². The van der Waals surface area contributed by atoms with Crippen LogP contribution < -0.4 is 0 Å². The van der Waals surface area contributed by atoms with Crippen LogP contribution in [-0.4, -0.2) is 10.2 Å². The summed E-state index contributed by atoms with van der Waals surface area (Å²) in [5, 5.41) is 17.3. The zero-order valence-corrected chi connectivity index (χ0v) is 5.76. The predicted molar refractivity (Wildman–Crippen MR) is 29.8 cm³/mol. The standard InChI is InChI=1S/C6H6O2.Mn/c7-5-1-2-6(8)4-3-5;/h1-4,7-8H;. The van der Waals surface area contributed by atoms with E-state index >= 15 is 0 Å². The Labute approximate surface area is 63.6 Å². The first-order valence-corrected chi connectivity index (χ1v) is 2.27. The molecule has 1 aromatic rings. The van der Waals surface area contributed by atoms with Crippen LogP contribution in [-0.2, 0) is 17.1 Å². The molecule has 0 saturated heterocycles. The van der Waals surface area contributed by atoms with Crippen molar-refractivity contribution in [3.8, 4) is 11.5 Å². The molecule has 49 valence electrons. The van der Waals surface area contributed by atoms with E-state index in [1.807, 2.05) is 0 Å². The topological polar surface area (TPSA) is 40.5 Å². The number of rotatable bonds is 0. The minimum absolute atomic E-state index is 0. The molecule has 0 aliphatic rings. The van der Waals surface area contributed by atoms with Crippen LogP contribution in [0.2, 0.25) is 0 Å². The summed E-state index contributed by atoms with van der Waals surface area (Å²) < 4.78 is 0. The Hall–Kier alpha value is -0.661. The van der Waals surface area contributed by atoms with E-state index in [2.05, 4.69) is 0 Å². The molecular formula is C6H6MnO2. The van der Waals surface area contributed by atoms with Gasteiger partial charge in [0.05, 0.1) is 0 Å². The van der Waals surface area contributed by atoms with Gasteiger partial charge >= 0.3 is 0 Å². The van der Waals surface area contributed by atoms with Crippen molar-refractivity contribution >= 4 is 0 Å². The number of hydrogen-bond acceptors (Lipinski definition) is 2. The average molecular weight is 165 g/mol. The van der Waals surface area contributed by atoms with Crippen molar-refractivity contribution in [2.24, 2.45) is 0 Å². The number of aromatic hydroxyl groups is 2. The van der Waals surface area contributed by atoms with Crippen molar-refractivity contribution in [1.29, 1.82) is 0 Å². The van der Waals surface area contributed by atoms with E-state index in [1.54, 1.807) is 0 Å². The van der Waals surface area contributed by atoms with Gasteiger partial charge in [-0.25, -0.2) is 0 Å². The summed E-state index contributed by atoms with van der Waals surface area (Å²) in [5.41, 5.74) is 0. The third-order valence-corrected chi connectivity index (χ3v) is 0.850. The van der Waals surface area contributed by atoms with Gasteiger partial charge in [0.2, 0.25) is 0 Å². The first kappa shape index (κ1) is 8.34. The molecule has 0 spiro atoms. The second-order valence-electron chi connectivity index (χ2n) is 1.52. The molecule has 0 amide bonds. The number of hydrogen-bond donors (Lipinski definition) is 2. The molecule has 0 aliphatic heterocycles. The quantitative estimate of drug-likeness (QED) is 0.446. The molecule has 3 heteroatoms. The van der Waals surface area contributed by atoms with Crippen molar-refractivity contribution in [1.82, 2.24) is 0 Å². The van der Waals surface area contributed by atoms with E-state index in [0.717, 1.165) is 0 Å². The summed E-state index contributed by atoms with van der Waals surface area (Å²) in [6.07, 6.45) is 0. The van der Waals surface area contributed by atoms with Crippen molar-refractivity contribution in [3.05, 3.63) is 24.3 Å². The second-order valence-corrected chi connectivity index (χ2v) is 1.52. The van der Waals surface area contributed by atoms with Crippen LogP contribution in [0.1, 0.15) is 0 Å². The largest absolute Gasteiger partial charge is 0.508 e. The molecule has 1 aromatic carbocycles. The van der Waals surface area contributed by atoms with Crippen molar-refractivity contribution < 1.29 is 27.3 Å².